The van der Waals surface area contributed by atoms with Crippen LogP contribution in [0.25, 0.3) is 0 Å². The van der Waals surface area contributed by atoms with Crippen LogP contribution < -0.4 is 0 Å². The van der Waals surface area contributed by atoms with Crippen molar-refractivity contribution in [2.75, 3.05) is 6.61 Å². The summed E-state index contributed by atoms with van der Waals surface area (Å²) >= 11 is 0. The number of aliphatic hydroxyl groups excluding tert-OH is 1. The SMILES string of the molecule is O=C1N=CN=C2C1N=CN2[C@H]1C[C@H](O)[C@@H](COP(=O)(O)O)O1. The molecule has 12 heteroatoms. The van der Waals surface area contributed by atoms with E-state index >= 15 is 0 Å². The molecule has 0 aromatic carbocycles. The lowest BCUT2D eigenvalue weighted by Gasteiger charge is -2.24. The lowest BCUT2D eigenvalue weighted by atomic mass is 10.2. The number of amides is 1. The third kappa shape index (κ3) is 3.00. The van der Waals surface area contributed by atoms with Crippen LogP contribution in [0.4, 0.5) is 0 Å². The van der Waals surface area contributed by atoms with E-state index in [1.54, 1.807) is 0 Å². The predicted octanol–water partition coefficient (Wildman–Crippen LogP) is -1.75. The first-order chi connectivity index (χ1) is 10.3. The molecule has 3 heterocycles. The Bertz CT molecular complexity index is 614. The van der Waals surface area contributed by atoms with Crippen LogP contribution in [0.1, 0.15) is 6.42 Å². The van der Waals surface area contributed by atoms with Gasteiger partial charge in [-0.2, -0.15) is 4.99 Å². The molecule has 0 bridgehead atoms. The van der Waals surface area contributed by atoms with Crippen LogP contribution in [0.5, 0.6) is 0 Å². The molecule has 120 valence electrons. The molecule has 4 atom stereocenters. The van der Waals surface area contributed by atoms with E-state index in [1.165, 1.54) is 11.2 Å². The topological polar surface area (TPSA) is 154 Å². The molecule has 0 aliphatic carbocycles. The Morgan fingerprint density at radius 3 is 3.00 bits per heavy atom. The van der Waals surface area contributed by atoms with Gasteiger partial charge in [-0.1, -0.05) is 0 Å². The van der Waals surface area contributed by atoms with Gasteiger partial charge in [0.2, 0.25) is 0 Å². The second-order valence-electron chi connectivity index (χ2n) is 4.86. The minimum Gasteiger partial charge on any atom is -0.390 e. The van der Waals surface area contributed by atoms with Crippen molar-refractivity contribution in [2.45, 2.75) is 30.9 Å². The zero-order valence-corrected chi connectivity index (χ0v) is 12.0. The van der Waals surface area contributed by atoms with Crippen LogP contribution >= 0.6 is 7.82 Å². The molecule has 22 heavy (non-hydrogen) atoms. The number of aliphatic hydroxyl groups is 1. The number of aliphatic imine (C=N–C) groups is 3. The summed E-state index contributed by atoms with van der Waals surface area (Å²) in [6.07, 6.45) is 0.108. The summed E-state index contributed by atoms with van der Waals surface area (Å²) in [5.74, 6) is -0.0996. The highest BCUT2D eigenvalue weighted by Gasteiger charge is 2.43. The van der Waals surface area contributed by atoms with Gasteiger partial charge in [-0.3, -0.25) is 19.2 Å². The molecule has 1 unspecified atom stereocenters. The number of hydrogen-bond donors (Lipinski definition) is 3. The quantitative estimate of drug-likeness (QED) is 0.512. The maximum Gasteiger partial charge on any atom is 0.469 e. The van der Waals surface area contributed by atoms with E-state index in [-0.39, 0.29) is 6.42 Å². The number of carbonyl (C=O) groups excluding carboxylic acids is 1. The summed E-state index contributed by atoms with van der Waals surface area (Å²) in [5, 5.41) is 9.90. The van der Waals surface area contributed by atoms with E-state index in [0.717, 1.165) is 6.34 Å². The Morgan fingerprint density at radius 1 is 1.50 bits per heavy atom. The Labute approximate surface area is 124 Å². The van der Waals surface area contributed by atoms with Gasteiger partial charge in [0.25, 0.3) is 5.91 Å². The van der Waals surface area contributed by atoms with Crippen molar-refractivity contribution in [2.24, 2.45) is 15.0 Å². The summed E-state index contributed by atoms with van der Waals surface area (Å²) in [7, 11) is -4.64. The average Bonchev–Trinajstić information content (AvgIpc) is 3.00. The standard InChI is InChI=1S/C10H13N4O7P/c15-5-1-7(21-6(5)2-20-22(17,18)19)14-4-13-8-9(14)11-3-12-10(8)16/h3-8,15H,1-2H2,(H2,17,18,19)/t5-,6+,7+,8?/m0/s1. The van der Waals surface area contributed by atoms with Crippen LogP contribution in [-0.2, 0) is 18.6 Å². The third-order valence-corrected chi connectivity index (χ3v) is 3.86. The number of rotatable bonds is 4. The molecular formula is C10H13N4O7P. The minimum absolute atomic E-state index is 0.151. The van der Waals surface area contributed by atoms with Gasteiger partial charge in [0, 0.05) is 6.42 Å². The summed E-state index contributed by atoms with van der Waals surface area (Å²) in [6.45, 7) is -0.455. The van der Waals surface area contributed by atoms with E-state index in [4.69, 9.17) is 14.5 Å². The summed E-state index contributed by atoms with van der Waals surface area (Å²) in [6, 6.07) is -0.809. The number of carbonyl (C=O) groups is 1. The van der Waals surface area contributed by atoms with Crippen molar-refractivity contribution < 1.29 is 33.5 Å². The smallest absolute Gasteiger partial charge is 0.390 e. The highest BCUT2D eigenvalue weighted by atomic mass is 31.2. The molecule has 3 rings (SSSR count). The van der Waals surface area contributed by atoms with Crippen LogP contribution in [0.15, 0.2) is 15.0 Å². The first kappa shape index (κ1) is 15.4. The van der Waals surface area contributed by atoms with Gasteiger partial charge in [0.1, 0.15) is 24.5 Å². The van der Waals surface area contributed by atoms with Gasteiger partial charge in [-0.15, -0.1) is 0 Å². The van der Waals surface area contributed by atoms with Crippen LogP contribution in [-0.4, -0.2) is 75.3 Å². The highest BCUT2D eigenvalue weighted by molar-refractivity contribution is 7.46. The molecule has 11 nitrogen and oxygen atoms in total. The van der Waals surface area contributed by atoms with Gasteiger partial charge in [-0.25, -0.2) is 9.56 Å². The summed E-state index contributed by atoms with van der Waals surface area (Å²) in [4.78, 5) is 41.9. The number of phosphoric ester groups is 1. The second kappa shape index (κ2) is 5.61. The lowest BCUT2D eigenvalue weighted by Crippen LogP contribution is -2.43. The van der Waals surface area contributed by atoms with Crippen molar-refractivity contribution in [1.82, 2.24) is 4.90 Å². The number of amidine groups is 1. The van der Waals surface area contributed by atoms with Crippen molar-refractivity contribution in [3.63, 3.8) is 0 Å². The molecule has 3 aliphatic heterocycles. The largest absolute Gasteiger partial charge is 0.469 e. The number of nitrogens with zero attached hydrogens (tertiary/aromatic N) is 4. The van der Waals surface area contributed by atoms with Crippen molar-refractivity contribution in [1.29, 1.82) is 0 Å². The van der Waals surface area contributed by atoms with Gasteiger partial charge in [0.05, 0.1) is 19.0 Å². The molecule has 0 radical (unpaired) electrons. The highest BCUT2D eigenvalue weighted by Crippen LogP contribution is 2.37. The molecule has 0 saturated carbocycles. The Balaban J connectivity index is 1.66. The first-order valence-corrected chi connectivity index (χ1v) is 7.87. The first-order valence-electron chi connectivity index (χ1n) is 6.34. The molecule has 1 saturated heterocycles. The fourth-order valence-electron chi connectivity index (χ4n) is 2.36. The van der Waals surface area contributed by atoms with E-state index in [2.05, 4.69) is 19.5 Å². The monoisotopic (exact) mass is 332 g/mol. The van der Waals surface area contributed by atoms with E-state index in [9.17, 15) is 14.5 Å². The van der Waals surface area contributed by atoms with Gasteiger partial charge < -0.3 is 19.6 Å². The number of ether oxygens (including phenoxy) is 1. The third-order valence-electron chi connectivity index (χ3n) is 3.38. The fourth-order valence-corrected chi connectivity index (χ4v) is 2.70. The number of hydrogen-bond acceptors (Lipinski definition) is 8. The Kier molecular flexibility index (Phi) is 3.93. The van der Waals surface area contributed by atoms with Crippen LogP contribution in [0.3, 0.4) is 0 Å². The molecule has 1 amide bonds. The molecule has 3 aliphatic rings. The lowest BCUT2D eigenvalue weighted by molar-refractivity contribution is -0.117. The molecule has 0 spiro atoms. The van der Waals surface area contributed by atoms with Gasteiger partial charge >= 0.3 is 7.82 Å². The van der Waals surface area contributed by atoms with Gasteiger partial charge in [-0.05, 0) is 0 Å². The maximum atomic E-state index is 11.6. The number of fused-ring (bicyclic) bond motifs is 1. The average molecular weight is 332 g/mol. The summed E-state index contributed by atoms with van der Waals surface area (Å²) < 4.78 is 20.5. The Hall–Kier alpha value is -1.49. The molecule has 3 N–H and O–H groups in total. The molecule has 0 aromatic heterocycles. The van der Waals surface area contributed by atoms with E-state index < -0.39 is 44.8 Å². The van der Waals surface area contributed by atoms with Crippen molar-refractivity contribution >= 4 is 32.2 Å². The number of phosphoric acid groups is 1. The summed E-state index contributed by atoms with van der Waals surface area (Å²) in [5.41, 5.74) is 0. The van der Waals surface area contributed by atoms with E-state index in [0.29, 0.717) is 5.84 Å². The molecule has 0 aromatic rings. The second-order valence-corrected chi connectivity index (χ2v) is 6.10. The zero-order chi connectivity index (χ0) is 15.9. The van der Waals surface area contributed by atoms with Crippen molar-refractivity contribution in [3.05, 3.63) is 0 Å². The molecular weight excluding hydrogens is 319 g/mol. The zero-order valence-electron chi connectivity index (χ0n) is 11.1. The van der Waals surface area contributed by atoms with Crippen LogP contribution in [0.2, 0.25) is 0 Å². The normalized spacial score (nSPS) is 34.2. The predicted molar refractivity (Wildman–Crippen MR) is 72.3 cm³/mol. The minimum atomic E-state index is -4.64. The van der Waals surface area contributed by atoms with Crippen LogP contribution in [0, 0.1) is 0 Å². The molecule has 1 fully saturated rings. The van der Waals surface area contributed by atoms with E-state index in [1.807, 2.05) is 0 Å². The maximum absolute atomic E-state index is 11.6. The van der Waals surface area contributed by atoms with Gasteiger partial charge in [0.15, 0.2) is 6.04 Å². The fraction of sp³-hybridized carbons (Fsp3) is 0.600. The van der Waals surface area contributed by atoms with Crippen molar-refractivity contribution in [3.8, 4) is 0 Å². The Morgan fingerprint density at radius 2 is 2.27 bits per heavy atom.